The summed E-state index contributed by atoms with van der Waals surface area (Å²) in [5.74, 6) is -0.444. The molecule has 1 amide bonds. The quantitative estimate of drug-likeness (QED) is 0.726. The molecule has 0 aliphatic carbocycles. The van der Waals surface area contributed by atoms with Crippen LogP contribution in [0.25, 0.3) is 0 Å². The highest BCUT2D eigenvalue weighted by molar-refractivity contribution is 5.94. The van der Waals surface area contributed by atoms with Crippen molar-refractivity contribution >= 4 is 11.6 Å². The van der Waals surface area contributed by atoms with Gasteiger partial charge in [0.1, 0.15) is 5.82 Å². The van der Waals surface area contributed by atoms with Gasteiger partial charge in [-0.15, -0.1) is 0 Å². The minimum absolute atomic E-state index is 0.0742. The highest BCUT2D eigenvalue weighted by Crippen LogP contribution is 2.28. The van der Waals surface area contributed by atoms with E-state index in [9.17, 15) is 9.18 Å². The third-order valence-electron chi connectivity index (χ3n) is 5.49. The predicted molar refractivity (Wildman–Crippen MR) is 110 cm³/mol. The van der Waals surface area contributed by atoms with Crippen molar-refractivity contribution < 1.29 is 13.9 Å². The van der Waals surface area contributed by atoms with Crippen LogP contribution in [0.4, 0.5) is 10.1 Å². The Morgan fingerprint density at radius 1 is 1.18 bits per heavy atom. The van der Waals surface area contributed by atoms with E-state index >= 15 is 0 Å². The van der Waals surface area contributed by atoms with Gasteiger partial charge in [0.25, 0.3) is 0 Å². The molecule has 0 spiro atoms. The average molecular weight is 384 g/mol. The summed E-state index contributed by atoms with van der Waals surface area (Å²) in [5, 5.41) is 0. The van der Waals surface area contributed by atoms with E-state index in [-0.39, 0.29) is 23.9 Å². The van der Waals surface area contributed by atoms with Gasteiger partial charge in [-0.05, 0) is 30.5 Å². The van der Waals surface area contributed by atoms with Gasteiger partial charge < -0.3 is 14.5 Å². The molecule has 1 aliphatic heterocycles. The van der Waals surface area contributed by atoms with E-state index in [2.05, 4.69) is 29.2 Å². The first kappa shape index (κ1) is 20.5. The molecule has 28 heavy (non-hydrogen) atoms. The number of para-hydroxylation sites is 1. The van der Waals surface area contributed by atoms with Crippen LogP contribution in [0.3, 0.4) is 0 Å². The van der Waals surface area contributed by atoms with Gasteiger partial charge in [0, 0.05) is 33.2 Å². The second kappa shape index (κ2) is 9.80. The van der Waals surface area contributed by atoms with E-state index < -0.39 is 0 Å². The van der Waals surface area contributed by atoms with Crippen LogP contribution < -0.4 is 4.90 Å². The lowest BCUT2D eigenvalue weighted by Crippen LogP contribution is -2.57. The second-order valence-corrected chi connectivity index (χ2v) is 7.24. The van der Waals surface area contributed by atoms with Gasteiger partial charge in [-0.3, -0.25) is 4.79 Å². The SMILES string of the molecule is CCC(=O)N(c1ccccc1F)[C@H]1CCN(CCc2ccccc2)C[C@H]1OC. The normalized spacial score (nSPS) is 20.1. The van der Waals surface area contributed by atoms with Crippen LogP contribution in [-0.4, -0.2) is 49.7 Å². The monoisotopic (exact) mass is 384 g/mol. The van der Waals surface area contributed by atoms with Gasteiger partial charge in [0.05, 0.1) is 17.8 Å². The van der Waals surface area contributed by atoms with Crippen molar-refractivity contribution in [3.05, 3.63) is 66.0 Å². The Morgan fingerprint density at radius 2 is 1.89 bits per heavy atom. The number of carbonyl (C=O) groups excluding carboxylic acids is 1. The number of carbonyl (C=O) groups is 1. The molecule has 1 fully saturated rings. The number of piperidine rings is 1. The number of anilines is 1. The van der Waals surface area contributed by atoms with Gasteiger partial charge >= 0.3 is 0 Å². The van der Waals surface area contributed by atoms with E-state index in [1.165, 1.54) is 11.6 Å². The predicted octanol–water partition coefficient (Wildman–Crippen LogP) is 3.90. The number of methoxy groups -OCH3 is 1. The first-order valence-corrected chi connectivity index (χ1v) is 9.99. The lowest BCUT2D eigenvalue weighted by Gasteiger charge is -2.43. The smallest absolute Gasteiger partial charge is 0.227 e. The van der Waals surface area contributed by atoms with Crippen LogP contribution in [0.15, 0.2) is 54.6 Å². The number of benzene rings is 2. The molecule has 0 aromatic heterocycles. The van der Waals surface area contributed by atoms with Crippen molar-refractivity contribution in [3.8, 4) is 0 Å². The first-order valence-electron chi connectivity index (χ1n) is 9.99. The fourth-order valence-electron chi connectivity index (χ4n) is 3.95. The summed E-state index contributed by atoms with van der Waals surface area (Å²) in [6, 6.07) is 16.8. The van der Waals surface area contributed by atoms with Crippen molar-refractivity contribution in [2.24, 2.45) is 0 Å². The topological polar surface area (TPSA) is 32.8 Å². The van der Waals surface area contributed by atoms with E-state index in [0.29, 0.717) is 12.1 Å². The van der Waals surface area contributed by atoms with Gasteiger partial charge in [0.15, 0.2) is 0 Å². The number of amides is 1. The van der Waals surface area contributed by atoms with Crippen LogP contribution in [0.5, 0.6) is 0 Å². The maximum absolute atomic E-state index is 14.5. The molecule has 0 unspecified atom stereocenters. The Morgan fingerprint density at radius 3 is 2.57 bits per heavy atom. The molecule has 1 heterocycles. The third kappa shape index (κ3) is 4.78. The minimum Gasteiger partial charge on any atom is -0.378 e. The molecule has 0 saturated carbocycles. The van der Waals surface area contributed by atoms with Crippen molar-refractivity contribution in [1.82, 2.24) is 4.90 Å². The summed E-state index contributed by atoms with van der Waals surface area (Å²) in [6.07, 6.45) is 1.92. The second-order valence-electron chi connectivity index (χ2n) is 7.24. The fourth-order valence-corrected chi connectivity index (χ4v) is 3.95. The summed E-state index contributed by atoms with van der Waals surface area (Å²) >= 11 is 0. The number of rotatable bonds is 7. The zero-order valence-electron chi connectivity index (χ0n) is 16.7. The number of hydrogen-bond acceptors (Lipinski definition) is 3. The Labute approximate surface area is 166 Å². The summed E-state index contributed by atoms with van der Waals surface area (Å²) in [4.78, 5) is 16.7. The Bertz CT molecular complexity index is 768. The summed E-state index contributed by atoms with van der Waals surface area (Å²) in [5.41, 5.74) is 1.66. The molecule has 2 aromatic rings. The average Bonchev–Trinajstić information content (AvgIpc) is 2.74. The van der Waals surface area contributed by atoms with Gasteiger partial charge in [-0.2, -0.15) is 0 Å². The van der Waals surface area contributed by atoms with Gasteiger partial charge in [-0.25, -0.2) is 4.39 Å². The molecular weight excluding hydrogens is 355 g/mol. The first-order chi connectivity index (χ1) is 13.6. The molecular formula is C23H29FN2O2. The highest BCUT2D eigenvalue weighted by Gasteiger charge is 2.37. The summed E-state index contributed by atoms with van der Waals surface area (Å²) in [7, 11) is 1.67. The van der Waals surface area contributed by atoms with Gasteiger partial charge in [-0.1, -0.05) is 49.4 Å². The molecule has 2 aromatic carbocycles. The van der Waals surface area contributed by atoms with Crippen LogP contribution in [0.2, 0.25) is 0 Å². The summed E-state index contributed by atoms with van der Waals surface area (Å²) < 4.78 is 20.2. The minimum atomic E-state index is -0.370. The molecule has 0 bridgehead atoms. The standard InChI is InChI=1S/C23H29FN2O2/c1-3-23(27)26(20-12-8-7-11-19(20)24)21-14-16-25(17-22(21)28-2)15-13-18-9-5-4-6-10-18/h4-12,21-22H,3,13-17H2,1-2H3/t21-,22+/m0/s1. The van der Waals surface area contributed by atoms with E-state index in [0.717, 1.165) is 32.5 Å². The van der Waals surface area contributed by atoms with Crippen LogP contribution in [0, 0.1) is 5.82 Å². The lowest BCUT2D eigenvalue weighted by atomic mass is 9.97. The van der Waals surface area contributed by atoms with Crippen LogP contribution in [0.1, 0.15) is 25.3 Å². The molecule has 150 valence electrons. The number of halogens is 1. The Kier molecular flexibility index (Phi) is 7.18. The third-order valence-corrected chi connectivity index (χ3v) is 5.49. The fraction of sp³-hybridized carbons (Fsp3) is 0.435. The maximum Gasteiger partial charge on any atom is 0.227 e. The number of likely N-dealkylation sites (tertiary alicyclic amines) is 1. The molecule has 5 heteroatoms. The zero-order chi connectivity index (χ0) is 19.9. The molecule has 0 radical (unpaired) electrons. The Hall–Kier alpha value is -2.24. The molecule has 1 aliphatic rings. The zero-order valence-corrected chi connectivity index (χ0v) is 16.7. The van der Waals surface area contributed by atoms with E-state index in [1.807, 2.05) is 13.0 Å². The molecule has 1 saturated heterocycles. The van der Waals surface area contributed by atoms with Crippen molar-refractivity contribution in [3.63, 3.8) is 0 Å². The van der Waals surface area contributed by atoms with Crippen molar-refractivity contribution in [2.45, 2.75) is 38.3 Å². The lowest BCUT2D eigenvalue weighted by molar-refractivity contribution is -0.120. The Balaban J connectivity index is 1.72. The van der Waals surface area contributed by atoms with E-state index in [4.69, 9.17) is 4.74 Å². The molecule has 4 nitrogen and oxygen atoms in total. The van der Waals surface area contributed by atoms with Crippen molar-refractivity contribution in [1.29, 1.82) is 0 Å². The molecule has 0 N–H and O–H groups in total. The number of hydrogen-bond donors (Lipinski definition) is 0. The van der Waals surface area contributed by atoms with E-state index in [1.54, 1.807) is 30.2 Å². The van der Waals surface area contributed by atoms with Crippen LogP contribution >= 0.6 is 0 Å². The number of nitrogens with zero attached hydrogens (tertiary/aromatic N) is 2. The summed E-state index contributed by atoms with van der Waals surface area (Å²) in [6.45, 7) is 4.35. The van der Waals surface area contributed by atoms with Crippen LogP contribution in [-0.2, 0) is 16.0 Å². The van der Waals surface area contributed by atoms with Gasteiger partial charge in [0.2, 0.25) is 5.91 Å². The highest BCUT2D eigenvalue weighted by atomic mass is 19.1. The molecule has 3 rings (SSSR count). The number of ether oxygens (including phenoxy) is 1. The maximum atomic E-state index is 14.5. The largest absolute Gasteiger partial charge is 0.378 e. The van der Waals surface area contributed by atoms with Crippen molar-refractivity contribution in [2.75, 3.05) is 31.6 Å². The molecule has 2 atom stereocenters.